The molecule has 2 heterocycles. The highest BCUT2D eigenvalue weighted by Crippen LogP contribution is 2.20. The zero-order valence-electron chi connectivity index (χ0n) is 11.1. The van der Waals surface area contributed by atoms with Crippen LogP contribution in [-0.4, -0.2) is 15.3 Å². The van der Waals surface area contributed by atoms with Crippen LogP contribution in [0.25, 0.3) is 5.65 Å². The van der Waals surface area contributed by atoms with Crippen LogP contribution >= 0.6 is 11.6 Å². The van der Waals surface area contributed by atoms with Crippen molar-refractivity contribution >= 4 is 23.2 Å². The van der Waals surface area contributed by atoms with Crippen LogP contribution in [0.3, 0.4) is 0 Å². The minimum atomic E-state index is 0.0802. The summed E-state index contributed by atoms with van der Waals surface area (Å²) >= 11 is 5.93. The summed E-state index contributed by atoms with van der Waals surface area (Å²) in [7, 11) is 0. The predicted octanol–water partition coefficient (Wildman–Crippen LogP) is 2.96. The largest absolute Gasteiger partial charge is 0.350 e. The van der Waals surface area contributed by atoms with E-state index in [9.17, 15) is 4.79 Å². The lowest BCUT2D eigenvalue weighted by molar-refractivity contribution is -0.121. The number of rotatable bonds is 4. The molecule has 1 atom stereocenters. The fourth-order valence-electron chi connectivity index (χ4n) is 2.47. The van der Waals surface area contributed by atoms with Gasteiger partial charge in [-0.3, -0.25) is 4.79 Å². The van der Waals surface area contributed by atoms with E-state index < -0.39 is 0 Å². The van der Waals surface area contributed by atoms with E-state index >= 15 is 0 Å². The number of aromatic nitrogens is 2. The van der Waals surface area contributed by atoms with Crippen molar-refractivity contribution < 1.29 is 4.79 Å². The Labute approximate surface area is 122 Å². The third-order valence-electron chi connectivity index (χ3n) is 3.49. The molecule has 0 aromatic carbocycles. The van der Waals surface area contributed by atoms with E-state index in [2.05, 4.69) is 22.5 Å². The van der Waals surface area contributed by atoms with Gasteiger partial charge in [0, 0.05) is 18.8 Å². The second kappa shape index (κ2) is 5.67. The highest BCUT2D eigenvalue weighted by molar-refractivity contribution is 6.30. The Morgan fingerprint density at radius 3 is 3.15 bits per heavy atom. The smallest absolute Gasteiger partial charge is 0.220 e. The second-order valence-corrected chi connectivity index (χ2v) is 5.53. The third-order valence-corrected chi connectivity index (χ3v) is 3.72. The number of nitrogens with zero attached hydrogens (tertiary/aromatic N) is 2. The SMILES string of the molecule is O=C(C[C@@H]1C=CCC1)NCc1cn2cc(Cl)ccc2n1. The molecule has 1 amide bonds. The molecule has 2 aromatic rings. The van der Waals surface area contributed by atoms with E-state index in [-0.39, 0.29) is 5.91 Å². The van der Waals surface area contributed by atoms with Gasteiger partial charge in [-0.1, -0.05) is 23.8 Å². The first-order valence-electron chi connectivity index (χ1n) is 6.77. The molecule has 0 fully saturated rings. The number of nitrogens with one attached hydrogen (secondary N) is 1. The van der Waals surface area contributed by atoms with Gasteiger partial charge in [0.1, 0.15) is 5.65 Å². The average Bonchev–Trinajstić information content (AvgIpc) is 3.04. The summed E-state index contributed by atoms with van der Waals surface area (Å²) in [6.45, 7) is 0.453. The highest BCUT2D eigenvalue weighted by atomic mass is 35.5. The first-order valence-corrected chi connectivity index (χ1v) is 7.15. The Morgan fingerprint density at radius 2 is 2.35 bits per heavy atom. The number of halogens is 1. The molecule has 1 N–H and O–H groups in total. The van der Waals surface area contributed by atoms with Crippen LogP contribution in [0.2, 0.25) is 5.02 Å². The summed E-state index contributed by atoms with van der Waals surface area (Å²) in [5, 5.41) is 3.59. The molecule has 20 heavy (non-hydrogen) atoms. The van der Waals surface area contributed by atoms with E-state index in [1.54, 1.807) is 12.3 Å². The molecule has 0 saturated heterocycles. The molecular formula is C15H16ClN3O. The van der Waals surface area contributed by atoms with E-state index in [1.165, 1.54) is 0 Å². The lowest BCUT2D eigenvalue weighted by atomic mass is 10.1. The quantitative estimate of drug-likeness (QED) is 0.880. The van der Waals surface area contributed by atoms with E-state index in [1.807, 2.05) is 16.7 Å². The fourth-order valence-corrected chi connectivity index (χ4v) is 2.64. The summed E-state index contributed by atoms with van der Waals surface area (Å²) in [4.78, 5) is 16.3. The van der Waals surface area contributed by atoms with Gasteiger partial charge in [0.25, 0.3) is 0 Å². The Kier molecular flexibility index (Phi) is 3.74. The van der Waals surface area contributed by atoms with Crippen molar-refractivity contribution in [2.24, 2.45) is 5.92 Å². The van der Waals surface area contributed by atoms with Crippen LogP contribution in [-0.2, 0) is 11.3 Å². The van der Waals surface area contributed by atoms with Crippen molar-refractivity contribution in [3.8, 4) is 0 Å². The van der Waals surface area contributed by atoms with Gasteiger partial charge in [0.15, 0.2) is 0 Å². The molecule has 0 radical (unpaired) electrons. The first kappa shape index (κ1) is 13.2. The normalized spacial score (nSPS) is 17.8. The molecule has 3 rings (SSSR count). The minimum Gasteiger partial charge on any atom is -0.350 e. The summed E-state index contributed by atoms with van der Waals surface area (Å²) in [6, 6.07) is 3.66. The average molecular weight is 290 g/mol. The zero-order valence-corrected chi connectivity index (χ0v) is 11.8. The van der Waals surface area contributed by atoms with Gasteiger partial charge in [-0.2, -0.15) is 0 Å². The number of carbonyl (C=O) groups excluding carboxylic acids is 1. The molecular weight excluding hydrogens is 274 g/mol. The Balaban J connectivity index is 1.58. The Bertz CT molecular complexity index is 662. The van der Waals surface area contributed by atoms with Gasteiger partial charge in [-0.15, -0.1) is 0 Å². The molecule has 2 aromatic heterocycles. The number of pyridine rings is 1. The number of hydrogen-bond acceptors (Lipinski definition) is 2. The predicted molar refractivity (Wildman–Crippen MR) is 78.5 cm³/mol. The number of hydrogen-bond donors (Lipinski definition) is 1. The van der Waals surface area contributed by atoms with Crippen LogP contribution in [0.15, 0.2) is 36.7 Å². The molecule has 0 saturated carbocycles. The maximum Gasteiger partial charge on any atom is 0.220 e. The van der Waals surface area contributed by atoms with Gasteiger partial charge in [-0.25, -0.2) is 4.98 Å². The molecule has 104 valence electrons. The lowest BCUT2D eigenvalue weighted by Crippen LogP contribution is -2.24. The monoisotopic (exact) mass is 289 g/mol. The molecule has 0 spiro atoms. The van der Waals surface area contributed by atoms with Crippen LogP contribution in [0, 0.1) is 5.92 Å². The zero-order chi connectivity index (χ0) is 13.9. The van der Waals surface area contributed by atoms with Crippen molar-refractivity contribution in [1.29, 1.82) is 0 Å². The number of carbonyl (C=O) groups is 1. The van der Waals surface area contributed by atoms with E-state index in [4.69, 9.17) is 11.6 Å². The molecule has 0 unspecified atom stereocenters. The molecule has 0 aliphatic heterocycles. The maximum absolute atomic E-state index is 11.8. The van der Waals surface area contributed by atoms with Gasteiger partial charge in [0.05, 0.1) is 17.3 Å². The molecule has 4 nitrogen and oxygen atoms in total. The molecule has 1 aliphatic carbocycles. The van der Waals surface area contributed by atoms with E-state index in [0.717, 1.165) is 24.2 Å². The summed E-state index contributed by atoms with van der Waals surface area (Å²) in [5.41, 5.74) is 1.67. The van der Waals surface area contributed by atoms with Gasteiger partial charge >= 0.3 is 0 Å². The van der Waals surface area contributed by atoms with Crippen molar-refractivity contribution in [2.45, 2.75) is 25.8 Å². The van der Waals surface area contributed by atoms with Crippen LogP contribution in [0.1, 0.15) is 25.0 Å². The van der Waals surface area contributed by atoms with Gasteiger partial charge in [-0.05, 0) is 30.9 Å². The van der Waals surface area contributed by atoms with Crippen LogP contribution < -0.4 is 5.32 Å². The summed E-state index contributed by atoms with van der Waals surface area (Å²) in [5.74, 6) is 0.478. The fraction of sp³-hybridized carbons (Fsp3) is 0.333. The second-order valence-electron chi connectivity index (χ2n) is 5.09. The molecule has 5 heteroatoms. The minimum absolute atomic E-state index is 0.0802. The Hall–Kier alpha value is -1.81. The maximum atomic E-state index is 11.8. The van der Waals surface area contributed by atoms with E-state index in [0.29, 0.717) is 23.9 Å². The Morgan fingerprint density at radius 1 is 1.45 bits per heavy atom. The van der Waals surface area contributed by atoms with Crippen LogP contribution in [0.5, 0.6) is 0 Å². The van der Waals surface area contributed by atoms with Crippen LogP contribution in [0.4, 0.5) is 0 Å². The number of amides is 1. The standard InChI is InChI=1S/C15H16ClN3O/c16-12-5-6-14-18-13(10-19(14)9-12)8-17-15(20)7-11-3-1-2-4-11/h1,3,5-6,9-11H,2,4,7-8H2,(H,17,20)/t11-/m1/s1. The van der Waals surface area contributed by atoms with Gasteiger partial charge < -0.3 is 9.72 Å². The molecule has 1 aliphatic rings. The van der Waals surface area contributed by atoms with Crippen molar-refractivity contribution in [3.05, 3.63) is 47.4 Å². The number of imidazole rings is 1. The van der Waals surface area contributed by atoms with Gasteiger partial charge in [0.2, 0.25) is 5.91 Å². The highest BCUT2D eigenvalue weighted by Gasteiger charge is 2.14. The lowest BCUT2D eigenvalue weighted by Gasteiger charge is -2.07. The topological polar surface area (TPSA) is 46.4 Å². The number of allylic oxidation sites excluding steroid dienone is 2. The number of fused-ring (bicyclic) bond motifs is 1. The third kappa shape index (κ3) is 3.02. The first-order chi connectivity index (χ1) is 9.70. The summed E-state index contributed by atoms with van der Waals surface area (Å²) < 4.78 is 1.86. The summed E-state index contributed by atoms with van der Waals surface area (Å²) in [6.07, 6.45) is 10.7. The van der Waals surface area contributed by atoms with Crippen molar-refractivity contribution in [3.63, 3.8) is 0 Å². The van der Waals surface area contributed by atoms with Crippen molar-refractivity contribution in [2.75, 3.05) is 0 Å². The van der Waals surface area contributed by atoms with Crippen molar-refractivity contribution in [1.82, 2.24) is 14.7 Å². The molecule has 0 bridgehead atoms.